The van der Waals surface area contributed by atoms with Gasteiger partial charge in [0.25, 0.3) is 0 Å². The van der Waals surface area contributed by atoms with Gasteiger partial charge in [-0.25, -0.2) is 4.79 Å². The first kappa shape index (κ1) is 17.0. The average molecular weight is 340 g/mol. The summed E-state index contributed by atoms with van der Waals surface area (Å²) in [6, 6.07) is 0. The van der Waals surface area contributed by atoms with Crippen LogP contribution in [-0.4, -0.2) is 48.5 Å². The number of hydrogen-bond acceptors (Lipinski definition) is 4. The van der Waals surface area contributed by atoms with Crippen LogP contribution in [0.25, 0.3) is 0 Å². The van der Waals surface area contributed by atoms with Gasteiger partial charge in [0, 0.05) is 32.8 Å². The minimum Gasteiger partial charge on any atom is -0.478 e. The fraction of sp³-hybridized carbons (Fsp3) is 0.429. The quantitative estimate of drug-likeness (QED) is 0.825. The smallest absolute Gasteiger partial charge is 0.338 e. The lowest BCUT2D eigenvalue weighted by molar-refractivity contribution is -0.130. The second-order valence-electron chi connectivity index (χ2n) is 5.05. The van der Waals surface area contributed by atoms with Gasteiger partial charge in [0.1, 0.15) is 0 Å². The Kier molecular flexibility index (Phi) is 5.38. The molecule has 0 saturated heterocycles. The van der Waals surface area contributed by atoms with Crippen molar-refractivity contribution in [2.24, 2.45) is 0 Å². The van der Waals surface area contributed by atoms with Gasteiger partial charge in [0.15, 0.2) is 0 Å². The molecule has 1 N–H and O–H groups in total. The molecule has 2 aromatic rings. The molecule has 23 heavy (non-hydrogen) atoms. The van der Waals surface area contributed by atoms with E-state index in [1.54, 1.807) is 22.8 Å². The van der Waals surface area contributed by atoms with Gasteiger partial charge in [-0.2, -0.15) is 10.2 Å². The SMILES string of the molecule is CCn1ncc(Cl)c1CN(C)C(=O)CCn1cc(C(=O)O)cn1. The fourth-order valence-electron chi connectivity index (χ4n) is 2.13. The second kappa shape index (κ2) is 7.28. The van der Waals surface area contributed by atoms with Gasteiger partial charge in [0.2, 0.25) is 5.91 Å². The zero-order chi connectivity index (χ0) is 17.0. The Bertz CT molecular complexity index is 709. The Balaban J connectivity index is 1.92. The Hall–Kier alpha value is -2.35. The first-order valence-corrected chi connectivity index (χ1v) is 7.50. The second-order valence-corrected chi connectivity index (χ2v) is 5.46. The Morgan fingerprint density at radius 3 is 2.70 bits per heavy atom. The van der Waals surface area contributed by atoms with Gasteiger partial charge in [-0.3, -0.25) is 14.2 Å². The molecule has 0 fully saturated rings. The monoisotopic (exact) mass is 339 g/mol. The van der Waals surface area contributed by atoms with E-state index in [1.165, 1.54) is 17.1 Å². The van der Waals surface area contributed by atoms with Crippen molar-refractivity contribution >= 4 is 23.5 Å². The molecule has 2 rings (SSSR count). The third kappa shape index (κ3) is 4.10. The summed E-state index contributed by atoms with van der Waals surface area (Å²) >= 11 is 6.09. The first-order valence-electron chi connectivity index (χ1n) is 7.12. The highest BCUT2D eigenvalue weighted by Gasteiger charge is 2.15. The standard InChI is InChI=1S/C14H18ClN5O3/c1-3-20-12(11(15)7-17-20)9-18(2)13(21)4-5-19-8-10(6-16-19)14(22)23/h6-8H,3-5,9H2,1-2H3,(H,22,23). The van der Waals surface area contributed by atoms with Crippen LogP contribution in [0, 0.1) is 0 Å². The number of hydrogen-bond donors (Lipinski definition) is 1. The molecular weight excluding hydrogens is 322 g/mol. The lowest BCUT2D eigenvalue weighted by Gasteiger charge is -2.18. The number of carbonyl (C=O) groups excluding carboxylic acids is 1. The number of carbonyl (C=O) groups is 2. The summed E-state index contributed by atoms with van der Waals surface area (Å²) in [4.78, 5) is 24.5. The largest absolute Gasteiger partial charge is 0.478 e. The van der Waals surface area contributed by atoms with Crippen molar-refractivity contribution in [2.45, 2.75) is 33.0 Å². The van der Waals surface area contributed by atoms with E-state index in [-0.39, 0.29) is 17.9 Å². The molecule has 0 aliphatic carbocycles. The molecule has 124 valence electrons. The van der Waals surface area contributed by atoms with Crippen molar-refractivity contribution < 1.29 is 14.7 Å². The molecule has 2 heterocycles. The van der Waals surface area contributed by atoms with Gasteiger partial charge in [0.05, 0.1) is 35.2 Å². The molecule has 0 unspecified atom stereocenters. The van der Waals surface area contributed by atoms with Crippen LogP contribution in [0.4, 0.5) is 0 Å². The maximum absolute atomic E-state index is 12.2. The molecule has 0 atom stereocenters. The van der Waals surface area contributed by atoms with Gasteiger partial charge in [-0.1, -0.05) is 11.6 Å². The fourth-order valence-corrected chi connectivity index (χ4v) is 2.33. The van der Waals surface area contributed by atoms with Crippen LogP contribution >= 0.6 is 11.6 Å². The number of carboxylic acid groups (broad SMARTS) is 1. The molecule has 0 aromatic carbocycles. The van der Waals surface area contributed by atoms with Gasteiger partial charge in [-0.05, 0) is 6.92 Å². The van der Waals surface area contributed by atoms with Crippen molar-refractivity contribution in [3.05, 3.63) is 34.9 Å². The molecule has 0 radical (unpaired) electrons. The summed E-state index contributed by atoms with van der Waals surface area (Å²) < 4.78 is 3.19. The minimum absolute atomic E-state index is 0.0858. The minimum atomic E-state index is -1.04. The van der Waals surface area contributed by atoms with Crippen molar-refractivity contribution in [1.29, 1.82) is 0 Å². The summed E-state index contributed by atoms with van der Waals surface area (Å²) in [6.07, 6.45) is 4.44. The number of halogens is 1. The van der Waals surface area contributed by atoms with Crippen LogP contribution in [0.3, 0.4) is 0 Å². The molecule has 8 nitrogen and oxygen atoms in total. The molecule has 0 aliphatic rings. The van der Waals surface area contributed by atoms with Crippen LogP contribution in [0.15, 0.2) is 18.6 Å². The number of carboxylic acids is 1. The van der Waals surface area contributed by atoms with E-state index in [0.717, 1.165) is 5.69 Å². The van der Waals surface area contributed by atoms with Crippen LogP contribution in [0.5, 0.6) is 0 Å². The first-order chi connectivity index (χ1) is 10.9. The maximum atomic E-state index is 12.2. The third-order valence-electron chi connectivity index (χ3n) is 3.44. The molecule has 0 spiro atoms. The summed E-state index contributed by atoms with van der Waals surface area (Å²) in [6.45, 7) is 3.31. The Morgan fingerprint density at radius 2 is 2.09 bits per heavy atom. The van der Waals surface area contributed by atoms with Crippen molar-refractivity contribution in [2.75, 3.05) is 7.05 Å². The Labute approximate surface area is 138 Å². The molecule has 9 heteroatoms. The number of aromatic carboxylic acids is 1. The number of aromatic nitrogens is 4. The summed E-state index contributed by atoms with van der Waals surface area (Å²) in [7, 11) is 1.69. The molecule has 0 bridgehead atoms. The topological polar surface area (TPSA) is 93.2 Å². The zero-order valence-electron chi connectivity index (χ0n) is 12.9. The van der Waals surface area contributed by atoms with E-state index in [2.05, 4.69) is 10.2 Å². The van der Waals surface area contributed by atoms with E-state index >= 15 is 0 Å². The van der Waals surface area contributed by atoms with Gasteiger partial charge < -0.3 is 10.0 Å². The van der Waals surface area contributed by atoms with E-state index < -0.39 is 5.97 Å². The average Bonchev–Trinajstić information content (AvgIpc) is 3.12. The number of aryl methyl sites for hydroxylation is 2. The molecular formula is C14H18ClN5O3. The highest BCUT2D eigenvalue weighted by Crippen LogP contribution is 2.17. The summed E-state index contributed by atoms with van der Waals surface area (Å²) in [5.41, 5.74) is 0.890. The maximum Gasteiger partial charge on any atom is 0.338 e. The molecule has 2 aromatic heterocycles. The zero-order valence-corrected chi connectivity index (χ0v) is 13.7. The highest BCUT2D eigenvalue weighted by atomic mass is 35.5. The van der Waals surface area contributed by atoms with Crippen LogP contribution in [-0.2, 0) is 24.4 Å². The van der Waals surface area contributed by atoms with E-state index in [1.807, 2.05) is 6.92 Å². The van der Waals surface area contributed by atoms with Crippen LogP contribution in [0.1, 0.15) is 29.4 Å². The molecule has 0 aliphatic heterocycles. The normalized spacial score (nSPS) is 10.7. The molecule has 0 saturated carbocycles. The van der Waals surface area contributed by atoms with E-state index in [0.29, 0.717) is 24.7 Å². The van der Waals surface area contributed by atoms with Crippen LogP contribution < -0.4 is 0 Å². The van der Waals surface area contributed by atoms with Gasteiger partial charge >= 0.3 is 5.97 Å². The third-order valence-corrected chi connectivity index (χ3v) is 3.76. The van der Waals surface area contributed by atoms with Crippen molar-refractivity contribution in [1.82, 2.24) is 24.5 Å². The van der Waals surface area contributed by atoms with E-state index in [4.69, 9.17) is 16.7 Å². The lowest BCUT2D eigenvalue weighted by Crippen LogP contribution is -2.28. The molecule has 1 amide bonds. The van der Waals surface area contributed by atoms with Gasteiger partial charge in [-0.15, -0.1) is 0 Å². The lowest BCUT2D eigenvalue weighted by atomic mass is 10.3. The number of rotatable bonds is 7. The Morgan fingerprint density at radius 1 is 1.35 bits per heavy atom. The summed E-state index contributed by atoms with van der Waals surface area (Å²) in [5, 5.41) is 17.4. The van der Waals surface area contributed by atoms with Crippen LogP contribution in [0.2, 0.25) is 5.02 Å². The summed E-state index contributed by atoms with van der Waals surface area (Å²) in [5.74, 6) is -1.13. The predicted octanol–water partition coefficient (Wildman–Crippen LogP) is 1.50. The van der Waals surface area contributed by atoms with E-state index in [9.17, 15) is 9.59 Å². The number of nitrogens with zero attached hydrogens (tertiary/aromatic N) is 5. The van der Waals surface area contributed by atoms with Crippen molar-refractivity contribution in [3.63, 3.8) is 0 Å². The highest BCUT2D eigenvalue weighted by molar-refractivity contribution is 6.31. The number of amides is 1. The predicted molar refractivity (Wildman–Crippen MR) is 83.2 cm³/mol. The van der Waals surface area contributed by atoms with Crippen molar-refractivity contribution in [3.8, 4) is 0 Å².